The summed E-state index contributed by atoms with van der Waals surface area (Å²) in [6.07, 6.45) is 3.44. The Bertz CT molecular complexity index is 611. The van der Waals surface area contributed by atoms with Crippen LogP contribution in [0.3, 0.4) is 0 Å². The lowest BCUT2D eigenvalue weighted by Gasteiger charge is -2.18. The van der Waals surface area contributed by atoms with Crippen molar-refractivity contribution in [3.63, 3.8) is 0 Å². The van der Waals surface area contributed by atoms with E-state index < -0.39 is 9.05 Å². The molecule has 0 atom stereocenters. The van der Waals surface area contributed by atoms with E-state index in [4.69, 9.17) is 10.7 Å². The van der Waals surface area contributed by atoms with Crippen molar-refractivity contribution >= 4 is 25.6 Å². The van der Waals surface area contributed by atoms with E-state index >= 15 is 0 Å². The quantitative estimate of drug-likeness (QED) is 0.461. The molecular formula is C14H18ClNO3S. The third-order valence-electron chi connectivity index (χ3n) is 2.97. The van der Waals surface area contributed by atoms with Gasteiger partial charge in [0.25, 0.3) is 15.0 Å². The number of carbonyl (C=O) groups excluding carboxylic acids is 1. The SMILES string of the molecule is C=CCCCN(C)C(=O)c1cc(S(=O)(=O)Cl)ccc1C. The number of halogens is 1. The maximum absolute atomic E-state index is 12.3. The van der Waals surface area contributed by atoms with Gasteiger partial charge in [-0.05, 0) is 37.5 Å². The van der Waals surface area contributed by atoms with Gasteiger partial charge in [0.15, 0.2) is 0 Å². The molecule has 0 N–H and O–H groups in total. The first-order chi connectivity index (χ1) is 9.27. The number of nitrogens with zero attached hydrogens (tertiary/aromatic N) is 1. The van der Waals surface area contributed by atoms with Crippen LogP contribution in [0.15, 0.2) is 35.7 Å². The summed E-state index contributed by atoms with van der Waals surface area (Å²) in [6, 6.07) is 4.30. The van der Waals surface area contributed by atoms with E-state index in [0.717, 1.165) is 18.4 Å². The lowest BCUT2D eigenvalue weighted by Crippen LogP contribution is -2.28. The highest BCUT2D eigenvalue weighted by Gasteiger charge is 2.18. The normalized spacial score (nSPS) is 11.2. The summed E-state index contributed by atoms with van der Waals surface area (Å²) in [5.74, 6) is -0.214. The standard InChI is InChI=1S/C14H18ClNO3S/c1-4-5-6-9-16(3)14(17)13-10-12(20(15,18)19)8-7-11(13)2/h4,7-8,10H,1,5-6,9H2,2-3H3. The molecule has 0 saturated carbocycles. The molecule has 0 saturated heterocycles. The number of aryl methyl sites for hydroxylation is 1. The van der Waals surface area contributed by atoms with E-state index in [0.29, 0.717) is 12.1 Å². The Labute approximate surface area is 124 Å². The minimum Gasteiger partial charge on any atom is -0.342 e. The van der Waals surface area contributed by atoms with Gasteiger partial charge >= 0.3 is 0 Å². The second kappa shape index (κ2) is 6.90. The molecule has 4 nitrogen and oxygen atoms in total. The van der Waals surface area contributed by atoms with Crippen LogP contribution in [0.1, 0.15) is 28.8 Å². The minimum absolute atomic E-state index is 0.0624. The Morgan fingerprint density at radius 3 is 2.65 bits per heavy atom. The summed E-state index contributed by atoms with van der Waals surface area (Å²) in [5.41, 5.74) is 1.07. The van der Waals surface area contributed by atoms with Gasteiger partial charge in [0.1, 0.15) is 0 Å². The summed E-state index contributed by atoms with van der Waals surface area (Å²) in [4.78, 5) is 13.8. The van der Waals surface area contributed by atoms with Crippen LogP contribution in [0.4, 0.5) is 0 Å². The summed E-state index contributed by atoms with van der Waals surface area (Å²) in [6.45, 7) is 5.97. The average Bonchev–Trinajstić information content (AvgIpc) is 2.37. The highest BCUT2D eigenvalue weighted by Crippen LogP contribution is 2.20. The summed E-state index contributed by atoms with van der Waals surface area (Å²) in [5, 5.41) is 0. The third-order valence-corrected chi connectivity index (χ3v) is 4.32. The van der Waals surface area contributed by atoms with Crippen molar-refractivity contribution in [2.45, 2.75) is 24.7 Å². The predicted octanol–water partition coefficient (Wildman–Crippen LogP) is 2.96. The predicted molar refractivity (Wildman–Crippen MR) is 80.6 cm³/mol. The molecule has 0 radical (unpaired) electrons. The first kappa shape index (κ1) is 16.7. The van der Waals surface area contributed by atoms with Crippen LogP contribution in [0.5, 0.6) is 0 Å². The molecule has 1 aromatic rings. The molecule has 110 valence electrons. The van der Waals surface area contributed by atoms with Gasteiger partial charge in [-0.15, -0.1) is 6.58 Å². The molecule has 20 heavy (non-hydrogen) atoms. The molecule has 1 amide bonds. The first-order valence-corrected chi connectivity index (χ1v) is 8.50. The topological polar surface area (TPSA) is 54.5 Å². The van der Waals surface area contributed by atoms with E-state index in [-0.39, 0.29) is 10.8 Å². The van der Waals surface area contributed by atoms with Crippen molar-refractivity contribution in [2.75, 3.05) is 13.6 Å². The van der Waals surface area contributed by atoms with Crippen LogP contribution in [-0.2, 0) is 9.05 Å². The summed E-state index contributed by atoms with van der Waals surface area (Å²) < 4.78 is 22.7. The number of carbonyl (C=O) groups is 1. The Hall–Kier alpha value is -1.33. The zero-order chi connectivity index (χ0) is 15.3. The van der Waals surface area contributed by atoms with Gasteiger partial charge in [0, 0.05) is 29.8 Å². The van der Waals surface area contributed by atoms with Crippen LogP contribution in [0.25, 0.3) is 0 Å². The maximum atomic E-state index is 12.3. The lowest BCUT2D eigenvalue weighted by atomic mass is 10.1. The second-order valence-electron chi connectivity index (χ2n) is 4.57. The number of unbranched alkanes of at least 4 members (excludes halogenated alkanes) is 1. The van der Waals surface area contributed by atoms with Gasteiger partial charge in [-0.1, -0.05) is 12.1 Å². The molecule has 0 bridgehead atoms. The van der Waals surface area contributed by atoms with Crippen LogP contribution >= 0.6 is 10.7 Å². The highest BCUT2D eigenvalue weighted by atomic mass is 35.7. The fraction of sp³-hybridized carbons (Fsp3) is 0.357. The van der Waals surface area contributed by atoms with E-state index in [1.54, 1.807) is 31.0 Å². The number of rotatable bonds is 6. The van der Waals surface area contributed by atoms with Gasteiger partial charge in [-0.2, -0.15) is 0 Å². The van der Waals surface area contributed by atoms with Crippen LogP contribution in [0, 0.1) is 6.92 Å². The molecule has 0 fully saturated rings. The molecule has 0 aliphatic carbocycles. The minimum atomic E-state index is -3.83. The van der Waals surface area contributed by atoms with Crippen LogP contribution in [0.2, 0.25) is 0 Å². The Morgan fingerprint density at radius 2 is 2.10 bits per heavy atom. The van der Waals surface area contributed by atoms with Gasteiger partial charge < -0.3 is 4.90 Å². The summed E-state index contributed by atoms with van der Waals surface area (Å²) >= 11 is 0. The zero-order valence-corrected chi connectivity index (χ0v) is 13.2. The number of benzene rings is 1. The van der Waals surface area contributed by atoms with Gasteiger partial charge in [0.2, 0.25) is 0 Å². The zero-order valence-electron chi connectivity index (χ0n) is 11.6. The smallest absolute Gasteiger partial charge is 0.261 e. The molecule has 0 heterocycles. The van der Waals surface area contributed by atoms with Crippen LogP contribution in [-0.4, -0.2) is 32.8 Å². The molecule has 0 spiro atoms. The molecule has 0 aliphatic heterocycles. The van der Waals surface area contributed by atoms with E-state index in [1.165, 1.54) is 12.1 Å². The molecule has 0 aromatic heterocycles. The largest absolute Gasteiger partial charge is 0.342 e. The summed E-state index contributed by atoms with van der Waals surface area (Å²) in [7, 11) is 3.16. The van der Waals surface area contributed by atoms with Crippen molar-refractivity contribution in [3.05, 3.63) is 42.0 Å². The van der Waals surface area contributed by atoms with E-state index in [1.807, 2.05) is 0 Å². The molecule has 1 rings (SSSR count). The number of allylic oxidation sites excluding steroid dienone is 1. The first-order valence-electron chi connectivity index (χ1n) is 6.19. The van der Waals surface area contributed by atoms with Gasteiger partial charge in [-0.3, -0.25) is 4.79 Å². The number of amides is 1. The molecular weight excluding hydrogens is 298 g/mol. The maximum Gasteiger partial charge on any atom is 0.261 e. The van der Waals surface area contributed by atoms with Crippen molar-refractivity contribution in [3.8, 4) is 0 Å². The average molecular weight is 316 g/mol. The Kier molecular flexibility index (Phi) is 5.77. The van der Waals surface area contributed by atoms with Crippen molar-refractivity contribution < 1.29 is 13.2 Å². The fourth-order valence-corrected chi connectivity index (χ4v) is 2.54. The monoisotopic (exact) mass is 315 g/mol. The highest BCUT2D eigenvalue weighted by molar-refractivity contribution is 8.13. The van der Waals surface area contributed by atoms with Gasteiger partial charge in [0.05, 0.1) is 4.90 Å². The fourth-order valence-electron chi connectivity index (χ4n) is 1.76. The Balaban J connectivity index is 3.00. The van der Waals surface area contributed by atoms with Crippen molar-refractivity contribution in [2.24, 2.45) is 0 Å². The number of hydrogen-bond acceptors (Lipinski definition) is 3. The Morgan fingerprint density at radius 1 is 1.45 bits per heavy atom. The third kappa shape index (κ3) is 4.35. The van der Waals surface area contributed by atoms with Crippen molar-refractivity contribution in [1.82, 2.24) is 4.90 Å². The van der Waals surface area contributed by atoms with Gasteiger partial charge in [-0.25, -0.2) is 8.42 Å². The molecule has 0 aliphatic rings. The van der Waals surface area contributed by atoms with E-state index in [9.17, 15) is 13.2 Å². The second-order valence-corrected chi connectivity index (χ2v) is 7.14. The van der Waals surface area contributed by atoms with Crippen LogP contribution < -0.4 is 0 Å². The van der Waals surface area contributed by atoms with E-state index in [2.05, 4.69) is 6.58 Å². The molecule has 0 unspecified atom stereocenters. The molecule has 6 heteroatoms. The lowest BCUT2D eigenvalue weighted by molar-refractivity contribution is 0.0793. The molecule has 1 aromatic carbocycles. The van der Waals surface area contributed by atoms with Crippen molar-refractivity contribution in [1.29, 1.82) is 0 Å². The number of hydrogen-bond donors (Lipinski definition) is 0.